The Morgan fingerprint density at radius 1 is 0.979 bits per heavy atom. The van der Waals surface area contributed by atoms with Gasteiger partial charge >= 0.3 is 78.0 Å². The fourth-order valence-electron chi connectivity index (χ4n) is 4.24. The van der Waals surface area contributed by atoms with Gasteiger partial charge in [0.15, 0.2) is 0 Å². The third-order valence-corrected chi connectivity index (χ3v) is 6.33. The zero-order chi connectivity index (χ0) is 35.4. The normalized spacial score (nSPS) is 13.2. The molecule has 48 heavy (non-hydrogen) atoms. The van der Waals surface area contributed by atoms with Crippen molar-refractivity contribution >= 4 is 63.7 Å². The van der Waals surface area contributed by atoms with Crippen molar-refractivity contribution < 1.29 is 116 Å². The van der Waals surface area contributed by atoms with Crippen LogP contribution < -0.4 is 78.7 Å². The van der Waals surface area contributed by atoms with Crippen molar-refractivity contribution in [3.05, 3.63) is 57.6 Å². The van der Waals surface area contributed by atoms with Gasteiger partial charge in [-0.15, -0.1) is 0 Å². The largest absolute Gasteiger partial charge is 1.00 e. The van der Waals surface area contributed by atoms with E-state index in [1.807, 2.05) is 6.92 Å². The number of hydrogen-bond donors (Lipinski definition) is 5. The summed E-state index contributed by atoms with van der Waals surface area (Å²) in [5.41, 5.74) is 3.43. The summed E-state index contributed by atoms with van der Waals surface area (Å²) >= 11 is 0. The Balaban J connectivity index is 0. The van der Waals surface area contributed by atoms with Gasteiger partial charge in [0.1, 0.15) is 0 Å². The topological polar surface area (TPSA) is 177 Å². The first kappa shape index (κ1) is 48.2. The van der Waals surface area contributed by atoms with Crippen molar-refractivity contribution in [1.29, 1.82) is 0 Å². The third kappa shape index (κ3) is 14.5. The molecule has 0 aliphatic carbocycles. The summed E-state index contributed by atoms with van der Waals surface area (Å²) < 4.78 is 85.5. The molecule has 2 aliphatic heterocycles. The number of amides is 3. The molecule has 0 bridgehead atoms. The number of alkyl halides is 6. The molecule has 0 saturated carbocycles. The summed E-state index contributed by atoms with van der Waals surface area (Å²) in [6, 6.07) is 4.29. The molecule has 0 saturated heterocycles. The third-order valence-electron chi connectivity index (χ3n) is 6.33. The summed E-state index contributed by atoms with van der Waals surface area (Å²) in [5.74, 6) is -1.00. The van der Waals surface area contributed by atoms with Crippen molar-refractivity contribution in [1.82, 2.24) is 10.6 Å². The molecule has 21 heteroatoms. The number of aryl methyl sites for hydroxylation is 1. The van der Waals surface area contributed by atoms with Crippen LogP contribution in [0.3, 0.4) is 0 Å². The molecule has 6 N–H and O–H groups in total. The molecule has 3 amide bonds. The van der Waals surface area contributed by atoms with Gasteiger partial charge in [0.2, 0.25) is 18.2 Å². The van der Waals surface area contributed by atoms with Crippen molar-refractivity contribution in [3.63, 3.8) is 0 Å². The van der Waals surface area contributed by atoms with E-state index in [-0.39, 0.29) is 118 Å². The van der Waals surface area contributed by atoms with Gasteiger partial charge in [0.05, 0.1) is 24.3 Å². The summed E-state index contributed by atoms with van der Waals surface area (Å²) in [6.45, 7) is 8.76. The number of carbonyl (C=O) groups excluding carboxylic acids is 4. The average molecular weight is 735 g/mol. The second-order valence-corrected chi connectivity index (χ2v) is 9.90. The number of halogens is 6. The molecule has 2 aliphatic rings. The molecule has 2 heterocycles. The number of rotatable bonds is 7. The van der Waals surface area contributed by atoms with Crippen molar-refractivity contribution in [2.24, 2.45) is 5.73 Å². The predicted molar refractivity (Wildman–Crippen MR) is 165 cm³/mol. The van der Waals surface area contributed by atoms with Gasteiger partial charge in [-0.2, -0.15) is 39.8 Å². The standard InChI is InChI=1S/C9H7BF3NO3.C9H8BF3O2.C8H16N2O2.CHO.K.H2S/c11-9(12,13)6-1-4(8(14)15)2-7-5(6)3-17-10(7)16;1-5-2-7(9(11,12)13)6-4-15-10(14)8(6)3-5;1-3-4-9-8(12)5-7(2)10-6-11;1-2;;/h1-2,16H,3H2,(H2,14,15);2-3,14H,4H2,1H3;6-7H,3-5H2,1-2H3,(H,9,12)(H,10,11);1H;;1H2/q;;;-1;+1;. The summed E-state index contributed by atoms with van der Waals surface area (Å²) in [6.07, 6.45) is -7.13. The quantitative estimate of drug-likeness (QED) is 0.0952. The minimum Gasteiger partial charge on any atom is -0.545 e. The Hall–Kier alpha value is -1.94. The van der Waals surface area contributed by atoms with Gasteiger partial charge in [-0.3, -0.25) is 21.2 Å². The molecule has 4 rings (SSSR count). The number of primary amides is 1. The summed E-state index contributed by atoms with van der Waals surface area (Å²) in [4.78, 5) is 39.7. The molecule has 0 spiro atoms. The number of nitrogens with one attached hydrogen (secondary N) is 2. The van der Waals surface area contributed by atoms with E-state index in [1.54, 1.807) is 13.8 Å². The van der Waals surface area contributed by atoms with E-state index >= 15 is 0 Å². The fraction of sp³-hybridized carbons (Fsp3) is 0.407. The van der Waals surface area contributed by atoms with Gasteiger partial charge in [0, 0.05) is 24.6 Å². The summed E-state index contributed by atoms with van der Waals surface area (Å²) in [7, 11) is -2.69. The Morgan fingerprint density at radius 2 is 1.44 bits per heavy atom. The first-order chi connectivity index (χ1) is 21.4. The molecule has 1 unspecified atom stereocenters. The smallest absolute Gasteiger partial charge is 0.545 e. The van der Waals surface area contributed by atoms with Crippen LogP contribution in [-0.2, 0) is 49.3 Å². The van der Waals surface area contributed by atoms with Gasteiger partial charge < -0.3 is 40.5 Å². The van der Waals surface area contributed by atoms with Crippen LogP contribution in [0.15, 0.2) is 24.3 Å². The number of benzene rings is 2. The van der Waals surface area contributed by atoms with E-state index in [4.69, 9.17) is 19.8 Å². The SMILES string of the molecule is CCCNC(=O)CC(C)NC=O.Cc1cc2c(c(C(F)(F)F)c1)COB2O.NC(=O)c1cc2c(c(C(F)(F)F)c1)COB2O.S.[CH-]=O.[K+]. The minimum atomic E-state index is -4.62. The van der Waals surface area contributed by atoms with Gasteiger partial charge in [-0.25, -0.2) is 0 Å². The van der Waals surface area contributed by atoms with Crippen molar-refractivity contribution in [2.75, 3.05) is 6.54 Å². The maximum absolute atomic E-state index is 12.7. The van der Waals surface area contributed by atoms with E-state index in [9.17, 15) is 50.8 Å². The van der Waals surface area contributed by atoms with E-state index in [1.165, 1.54) is 6.07 Å². The number of hydrogen-bond acceptors (Lipinski definition) is 8. The first-order valence-corrected chi connectivity index (χ1v) is 13.4. The van der Waals surface area contributed by atoms with Crippen molar-refractivity contribution in [3.8, 4) is 0 Å². The molecule has 260 valence electrons. The van der Waals surface area contributed by atoms with Crippen LogP contribution in [0.5, 0.6) is 0 Å². The molecular formula is C27H34B2F6KN3O8S. The average Bonchev–Trinajstić information content (AvgIpc) is 3.53. The Morgan fingerprint density at radius 3 is 1.85 bits per heavy atom. The zero-order valence-corrected chi connectivity index (χ0v) is 30.5. The van der Waals surface area contributed by atoms with E-state index in [0.29, 0.717) is 31.0 Å². The van der Waals surface area contributed by atoms with E-state index < -0.39 is 43.6 Å². The van der Waals surface area contributed by atoms with Crippen LogP contribution in [0, 0.1) is 6.92 Å². The van der Waals surface area contributed by atoms with E-state index in [2.05, 4.69) is 17.4 Å². The Kier molecular flexibility index (Phi) is 22.1. The number of carbonyl (C=O) groups is 3. The Labute approximate surface area is 323 Å². The zero-order valence-electron chi connectivity index (χ0n) is 26.4. The Bertz CT molecular complexity index is 1380. The van der Waals surface area contributed by atoms with Crippen LogP contribution in [0.25, 0.3) is 0 Å². The molecule has 1 atom stereocenters. The van der Waals surface area contributed by atoms with Gasteiger partial charge in [0.25, 0.3) is 0 Å². The first-order valence-electron chi connectivity index (χ1n) is 13.4. The second kappa shape index (κ2) is 22.0. The summed E-state index contributed by atoms with van der Waals surface area (Å²) in [5, 5.41) is 23.9. The van der Waals surface area contributed by atoms with Gasteiger partial charge in [-0.1, -0.05) is 18.6 Å². The molecule has 0 radical (unpaired) electrons. The van der Waals surface area contributed by atoms with Crippen LogP contribution in [0.4, 0.5) is 26.3 Å². The molecule has 0 aromatic heterocycles. The van der Waals surface area contributed by atoms with Crippen LogP contribution in [0.1, 0.15) is 64.9 Å². The maximum Gasteiger partial charge on any atom is 1.00 e. The van der Waals surface area contributed by atoms with Crippen molar-refractivity contribution in [2.45, 2.75) is 65.2 Å². The second-order valence-electron chi connectivity index (χ2n) is 9.90. The fourth-order valence-corrected chi connectivity index (χ4v) is 4.24. The molecule has 2 aromatic carbocycles. The predicted octanol–water partition coefficient (Wildman–Crippen LogP) is -1.87. The monoisotopic (exact) mass is 735 g/mol. The number of fused-ring (bicyclic) bond motifs is 2. The molecule has 0 fully saturated rings. The maximum atomic E-state index is 12.7. The van der Waals surface area contributed by atoms with Crippen LogP contribution in [-0.4, -0.2) is 61.9 Å². The molecular weight excluding hydrogens is 701 g/mol. The minimum absolute atomic E-state index is 0. The van der Waals surface area contributed by atoms with Crippen LogP contribution in [0.2, 0.25) is 0 Å². The molecule has 2 aromatic rings. The van der Waals surface area contributed by atoms with Crippen LogP contribution >= 0.6 is 13.5 Å². The number of nitrogens with two attached hydrogens (primary N) is 1. The van der Waals surface area contributed by atoms with Gasteiger partial charge in [-0.05, 0) is 60.5 Å². The molecule has 11 nitrogen and oxygen atoms in total. The van der Waals surface area contributed by atoms with E-state index in [0.717, 1.165) is 18.6 Å².